The van der Waals surface area contributed by atoms with Crippen LogP contribution in [0, 0.1) is 0 Å². The number of carbonyl (C=O) groups is 1. The number of hydrogen-bond donors (Lipinski definition) is 1. The van der Waals surface area contributed by atoms with E-state index < -0.39 is 27.3 Å². The van der Waals surface area contributed by atoms with E-state index in [9.17, 15) is 26.4 Å². The molecule has 0 aliphatic heterocycles. The lowest BCUT2D eigenvalue weighted by Gasteiger charge is -2.12. The normalized spacial score (nSPS) is 12.4. The number of methoxy groups -OCH3 is 1. The van der Waals surface area contributed by atoms with Crippen molar-refractivity contribution in [2.45, 2.75) is 5.51 Å². The molecule has 10 heteroatoms. The SMILES string of the molecule is COc1ccc(/C=C/C(=O)O)c(OS(=O)(=O)C(F)(F)F)c1. The number of alkyl halides is 3. The summed E-state index contributed by atoms with van der Waals surface area (Å²) < 4.78 is 67.6. The van der Waals surface area contributed by atoms with Crippen LogP contribution in [0.15, 0.2) is 24.3 Å². The number of carboxylic acids is 1. The molecule has 0 saturated heterocycles. The molecule has 0 aliphatic carbocycles. The van der Waals surface area contributed by atoms with Gasteiger partial charge in [0.05, 0.1) is 7.11 Å². The Hall–Kier alpha value is -2.23. The molecule has 116 valence electrons. The van der Waals surface area contributed by atoms with Gasteiger partial charge in [0.2, 0.25) is 0 Å². The second-order valence-electron chi connectivity index (χ2n) is 3.56. The number of ether oxygens (including phenoxy) is 1. The Labute approximate surface area is 117 Å². The number of hydrogen-bond acceptors (Lipinski definition) is 5. The molecular formula is C11H9F3O6S. The number of rotatable bonds is 5. The van der Waals surface area contributed by atoms with Crippen LogP contribution >= 0.6 is 0 Å². The topological polar surface area (TPSA) is 89.9 Å². The van der Waals surface area contributed by atoms with Crippen LogP contribution in [0.1, 0.15) is 5.56 Å². The van der Waals surface area contributed by atoms with Crippen molar-refractivity contribution in [3.8, 4) is 11.5 Å². The van der Waals surface area contributed by atoms with E-state index in [1.165, 1.54) is 13.2 Å². The molecule has 0 spiro atoms. The van der Waals surface area contributed by atoms with Gasteiger partial charge in [0.1, 0.15) is 5.75 Å². The molecule has 21 heavy (non-hydrogen) atoms. The number of carboxylic acid groups (broad SMARTS) is 1. The largest absolute Gasteiger partial charge is 0.534 e. The molecule has 0 amide bonds. The van der Waals surface area contributed by atoms with E-state index in [4.69, 9.17) is 9.84 Å². The summed E-state index contributed by atoms with van der Waals surface area (Å²) in [6, 6.07) is 3.35. The Morgan fingerprint density at radius 3 is 2.43 bits per heavy atom. The summed E-state index contributed by atoms with van der Waals surface area (Å²) in [5, 5.41) is 8.48. The zero-order valence-electron chi connectivity index (χ0n) is 10.4. The highest BCUT2D eigenvalue weighted by Gasteiger charge is 2.48. The Morgan fingerprint density at radius 1 is 1.33 bits per heavy atom. The van der Waals surface area contributed by atoms with E-state index in [1.54, 1.807) is 0 Å². The van der Waals surface area contributed by atoms with E-state index in [1.807, 2.05) is 0 Å². The lowest BCUT2D eigenvalue weighted by molar-refractivity contribution is -0.131. The highest BCUT2D eigenvalue weighted by Crippen LogP contribution is 2.32. The summed E-state index contributed by atoms with van der Waals surface area (Å²) in [7, 11) is -4.66. The summed E-state index contributed by atoms with van der Waals surface area (Å²) >= 11 is 0. The lowest BCUT2D eigenvalue weighted by atomic mass is 10.2. The second-order valence-corrected chi connectivity index (χ2v) is 5.10. The summed E-state index contributed by atoms with van der Waals surface area (Å²) in [5.41, 5.74) is -5.78. The van der Waals surface area contributed by atoms with Gasteiger partial charge in [-0.25, -0.2) is 4.79 Å². The first-order chi connectivity index (χ1) is 9.56. The minimum absolute atomic E-state index is 0.0369. The van der Waals surface area contributed by atoms with Crippen LogP contribution in [0.25, 0.3) is 6.08 Å². The molecule has 0 saturated carbocycles. The zero-order chi connectivity index (χ0) is 16.3. The molecule has 1 rings (SSSR count). The maximum absolute atomic E-state index is 12.3. The van der Waals surface area contributed by atoms with Crippen LogP contribution in [0.5, 0.6) is 11.5 Å². The van der Waals surface area contributed by atoms with E-state index in [0.29, 0.717) is 6.08 Å². The fraction of sp³-hybridized carbons (Fsp3) is 0.182. The van der Waals surface area contributed by atoms with Crippen molar-refractivity contribution in [3.63, 3.8) is 0 Å². The third-order valence-electron chi connectivity index (χ3n) is 2.11. The fourth-order valence-electron chi connectivity index (χ4n) is 1.18. The Morgan fingerprint density at radius 2 is 1.95 bits per heavy atom. The second kappa shape index (κ2) is 6.04. The quantitative estimate of drug-likeness (QED) is 0.506. The van der Waals surface area contributed by atoms with Crippen molar-refractivity contribution in [1.82, 2.24) is 0 Å². The molecule has 0 aromatic heterocycles. The van der Waals surface area contributed by atoms with Gasteiger partial charge in [0.25, 0.3) is 0 Å². The van der Waals surface area contributed by atoms with E-state index >= 15 is 0 Å². The lowest BCUT2D eigenvalue weighted by Crippen LogP contribution is -2.28. The predicted molar refractivity (Wildman–Crippen MR) is 65.3 cm³/mol. The van der Waals surface area contributed by atoms with Crippen LogP contribution in [-0.2, 0) is 14.9 Å². The van der Waals surface area contributed by atoms with Gasteiger partial charge in [-0.1, -0.05) is 0 Å². The molecule has 6 nitrogen and oxygen atoms in total. The molecule has 1 aromatic carbocycles. The minimum Gasteiger partial charge on any atom is -0.497 e. The first-order valence-electron chi connectivity index (χ1n) is 5.16. The van der Waals surface area contributed by atoms with Crippen molar-refractivity contribution >= 4 is 22.2 Å². The van der Waals surface area contributed by atoms with Gasteiger partial charge < -0.3 is 14.0 Å². The summed E-state index contributed by atoms with van der Waals surface area (Å²) in [5.74, 6) is -2.03. The van der Waals surface area contributed by atoms with Crippen LogP contribution in [0.3, 0.4) is 0 Å². The van der Waals surface area contributed by atoms with Gasteiger partial charge in [-0.15, -0.1) is 0 Å². The maximum atomic E-state index is 12.3. The first-order valence-corrected chi connectivity index (χ1v) is 6.57. The molecule has 1 N–H and O–H groups in total. The van der Waals surface area contributed by atoms with Gasteiger partial charge in [0.15, 0.2) is 5.75 Å². The standard InChI is InChI=1S/C11H9F3O6S/c1-19-8-4-2-7(3-5-10(15)16)9(6-8)20-21(17,18)11(12,13)14/h2-6H,1H3,(H,15,16)/b5-3+. The Kier molecular flexibility index (Phi) is 4.84. The number of halogens is 3. The van der Waals surface area contributed by atoms with Crippen molar-refractivity contribution in [1.29, 1.82) is 0 Å². The highest BCUT2D eigenvalue weighted by molar-refractivity contribution is 7.88. The van der Waals surface area contributed by atoms with Gasteiger partial charge >= 0.3 is 21.6 Å². The third-order valence-corrected chi connectivity index (χ3v) is 3.08. The average Bonchev–Trinajstić information content (AvgIpc) is 2.35. The number of benzene rings is 1. The minimum atomic E-state index is -5.87. The van der Waals surface area contributed by atoms with Gasteiger partial charge in [-0.05, 0) is 18.2 Å². The smallest absolute Gasteiger partial charge is 0.497 e. The summed E-state index contributed by atoms with van der Waals surface area (Å²) in [4.78, 5) is 10.4. The van der Waals surface area contributed by atoms with E-state index in [0.717, 1.165) is 18.2 Å². The van der Waals surface area contributed by atoms with Crippen LogP contribution in [0.4, 0.5) is 13.2 Å². The third kappa shape index (κ3) is 4.38. The molecule has 0 unspecified atom stereocenters. The molecule has 0 atom stereocenters. The molecule has 1 aromatic rings. The molecule has 0 radical (unpaired) electrons. The van der Waals surface area contributed by atoms with Crippen molar-refractivity contribution in [3.05, 3.63) is 29.8 Å². The van der Waals surface area contributed by atoms with Crippen LogP contribution < -0.4 is 8.92 Å². The molecule has 0 aliphatic rings. The summed E-state index contributed by atoms with van der Waals surface area (Å²) in [6.45, 7) is 0. The van der Waals surface area contributed by atoms with Crippen molar-refractivity contribution in [2.24, 2.45) is 0 Å². The zero-order valence-corrected chi connectivity index (χ0v) is 11.2. The molecule has 0 heterocycles. The van der Waals surface area contributed by atoms with Gasteiger partial charge in [-0.3, -0.25) is 0 Å². The van der Waals surface area contributed by atoms with Crippen molar-refractivity contribution < 1.29 is 40.4 Å². The van der Waals surface area contributed by atoms with Gasteiger partial charge in [0, 0.05) is 17.7 Å². The monoisotopic (exact) mass is 326 g/mol. The van der Waals surface area contributed by atoms with Gasteiger partial charge in [-0.2, -0.15) is 21.6 Å². The summed E-state index contributed by atoms with van der Waals surface area (Å²) in [6.07, 6.45) is 1.51. The first kappa shape index (κ1) is 16.8. The fourth-order valence-corrected chi connectivity index (χ4v) is 1.65. The Balaban J connectivity index is 3.28. The molecular weight excluding hydrogens is 317 g/mol. The number of aliphatic carboxylic acids is 1. The maximum Gasteiger partial charge on any atom is 0.534 e. The van der Waals surface area contributed by atoms with Crippen molar-refractivity contribution in [2.75, 3.05) is 7.11 Å². The molecule has 0 bridgehead atoms. The van der Waals surface area contributed by atoms with Crippen LogP contribution in [-0.4, -0.2) is 32.1 Å². The van der Waals surface area contributed by atoms with E-state index in [2.05, 4.69) is 4.18 Å². The molecule has 0 fully saturated rings. The van der Waals surface area contributed by atoms with E-state index in [-0.39, 0.29) is 11.3 Å². The van der Waals surface area contributed by atoms with Crippen LogP contribution in [0.2, 0.25) is 0 Å². The average molecular weight is 326 g/mol. The predicted octanol–water partition coefficient (Wildman–Crippen LogP) is 2.02. The highest BCUT2D eigenvalue weighted by atomic mass is 32.2. The Bertz CT molecular complexity index is 663.